The van der Waals surface area contributed by atoms with Crippen molar-refractivity contribution in [3.05, 3.63) is 59.9 Å². The minimum atomic E-state index is -0.866. The highest BCUT2D eigenvalue weighted by atomic mass is 19.1. The number of H-pyrrole nitrogens is 1. The molecule has 1 aliphatic carbocycles. The van der Waals surface area contributed by atoms with E-state index in [0.29, 0.717) is 42.0 Å². The van der Waals surface area contributed by atoms with Gasteiger partial charge in [0.2, 0.25) is 5.91 Å². The zero-order valence-electron chi connectivity index (χ0n) is 21.6. The third-order valence-corrected chi connectivity index (χ3v) is 8.78. The van der Waals surface area contributed by atoms with Gasteiger partial charge < -0.3 is 15.0 Å². The molecular weight excluding hydrogens is 515 g/mol. The second-order valence-electron chi connectivity index (χ2n) is 11.0. The van der Waals surface area contributed by atoms with Crippen molar-refractivity contribution in [2.45, 2.75) is 36.8 Å². The number of ether oxygens (including phenoxy) is 1. The maximum atomic E-state index is 15.7. The Morgan fingerprint density at radius 2 is 2.08 bits per heavy atom. The number of piperidine rings is 1. The van der Waals surface area contributed by atoms with Gasteiger partial charge >= 0.3 is 6.09 Å². The molecule has 3 aromatic rings. The number of fused-ring (bicyclic) bond motifs is 1. The van der Waals surface area contributed by atoms with E-state index in [4.69, 9.17) is 4.74 Å². The number of rotatable bonds is 6. The van der Waals surface area contributed by atoms with Crippen LogP contribution in [0.4, 0.5) is 14.9 Å². The number of anilines is 1. The summed E-state index contributed by atoms with van der Waals surface area (Å²) in [6.45, 7) is 2.11. The van der Waals surface area contributed by atoms with Gasteiger partial charge in [0.1, 0.15) is 17.3 Å². The molecule has 2 N–H and O–H groups in total. The zero-order chi connectivity index (χ0) is 27.4. The molecule has 204 valence electrons. The summed E-state index contributed by atoms with van der Waals surface area (Å²) in [7, 11) is 0. The summed E-state index contributed by atoms with van der Waals surface area (Å²) in [5.74, 6) is -0.507. The average Bonchev–Trinajstić information content (AvgIpc) is 3.65. The molecule has 40 heavy (non-hydrogen) atoms. The van der Waals surface area contributed by atoms with Gasteiger partial charge in [-0.25, -0.2) is 9.18 Å². The summed E-state index contributed by atoms with van der Waals surface area (Å²) in [6, 6.07) is 10.5. The van der Waals surface area contributed by atoms with Crippen molar-refractivity contribution >= 4 is 17.7 Å². The first-order valence-corrected chi connectivity index (χ1v) is 13.5. The molecule has 0 spiro atoms. The molecule has 2 aromatic heterocycles. The molecule has 5 heterocycles. The van der Waals surface area contributed by atoms with E-state index >= 15 is 4.39 Å². The van der Waals surface area contributed by atoms with Crippen LogP contribution >= 0.6 is 0 Å². The number of nitriles is 1. The highest BCUT2D eigenvalue weighted by Gasteiger charge is 2.72. The maximum Gasteiger partial charge on any atom is 0.414 e. The molecule has 4 fully saturated rings. The second-order valence-corrected chi connectivity index (χ2v) is 11.0. The minimum Gasteiger partial charge on any atom is -0.444 e. The van der Waals surface area contributed by atoms with Crippen LogP contribution in [0.3, 0.4) is 0 Å². The number of amides is 2. The Kier molecular flexibility index (Phi) is 5.78. The Labute approximate surface area is 229 Å². The van der Waals surface area contributed by atoms with Crippen molar-refractivity contribution in [3.8, 4) is 17.2 Å². The number of cyclic esters (lactones) is 1. The van der Waals surface area contributed by atoms with Crippen LogP contribution in [0.15, 0.2) is 42.7 Å². The van der Waals surface area contributed by atoms with Crippen molar-refractivity contribution in [3.63, 3.8) is 0 Å². The number of pyridine rings is 1. The normalized spacial score (nSPS) is 28.9. The molecule has 11 nitrogen and oxygen atoms in total. The van der Waals surface area contributed by atoms with Crippen LogP contribution in [-0.4, -0.2) is 75.6 Å². The van der Waals surface area contributed by atoms with Crippen LogP contribution in [0.1, 0.15) is 24.2 Å². The van der Waals surface area contributed by atoms with Gasteiger partial charge in [-0.05, 0) is 43.7 Å². The first kappa shape index (κ1) is 24.7. The summed E-state index contributed by atoms with van der Waals surface area (Å²) in [6.07, 6.45) is 4.48. The predicted molar refractivity (Wildman–Crippen MR) is 139 cm³/mol. The van der Waals surface area contributed by atoms with Gasteiger partial charge in [-0.15, -0.1) is 5.10 Å². The number of halogens is 1. The molecule has 1 saturated carbocycles. The Hall–Kier alpha value is -4.37. The second kappa shape index (κ2) is 9.38. The number of aromatic amines is 1. The van der Waals surface area contributed by atoms with Crippen LogP contribution < -0.4 is 10.2 Å². The molecule has 0 radical (unpaired) electrons. The van der Waals surface area contributed by atoms with Crippen LogP contribution in [0, 0.1) is 29.0 Å². The van der Waals surface area contributed by atoms with E-state index in [1.807, 2.05) is 4.90 Å². The monoisotopic (exact) mass is 542 g/mol. The van der Waals surface area contributed by atoms with E-state index in [-0.39, 0.29) is 30.3 Å². The molecule has 0 bridgehead atoms. The number of benzene rings is 1. The van der Waals surface area contributed by atoms with Gasteiger partial charge in [-0.1, -0.05) is 11.3 Å². The van der Waals surface area contributed by atoms with Gasteiger partial charge in [0.05, 0.1) is 41.9 Å². The third-order valence-electron chi connectivity index (χ3n) is 8.78. The van der Waals surface area contributed by atoms with Crippen LogP contribution in [0.25, 0.3) is 11.1 Å². The molecule has 4 aliphatic rings. The van der Waals surface area contributed by atoms with Crippen molar-refractivity contribution < 1.29 is 18.7 Å². The number of carbonyl (C=O) groups is 2. The van der Waals surface area contributed by atoms with Crippen LogP contribution in [0.2, 0.25) is 0 Å². The third kappa shape index (κ3) is 3.83. The number of hydrogen-bond donors (Lipinski definition) is 2. The minimum absolute atomic E-state index is 0.0415. The topological polar surface area (TPSA) is 140 Å². The summed E-state index contributed by atoms with van der Waals surface area (Å²) in [5, 5.41) is 23.8. The average molecular weight is 543 g/mol. The largest absolute Gasteiger partial charge is 0.444 e. The van der Waals surface area contributed by atoms with E-state index in [9.17, 15) is 14.9 Å². The fraction of sp³-hybridized carbons (Fsp3) is 0.429. The number of nitrogens with zero attached hydrogens (tertiary/aromatic N) is 6. The Morgan fingerprint density at radius 3 is 2.77 bits per heavy atom. The quantitative estimate of drug-likeness (QED) is 0.483. The highest BCUT2D eigenvalue weighted by molar-refractivity contribution is 5.90. The fourth-order valence-corrected chi connectivity index (χ4v) is 6.74. The lowest BCUT2D eigenvalue weighted by Crippen LogP contribution is -2.44. The lowest BCUT2D eigenvalue weighted by molar-refractivity contribution is -0.132. The fourth-order valence-electron chi connectivity index (χ4n) is 6.74. The van der Waals surface area contributed by atoms with E-state index in [1.54, 1.807) is 36.7 Å². The number of nitrogens with one attached hydrogen (secondary N) is 2. The molecule has 12 heteroatoms. The SMILES string of the molecule is N#CC1(c2ncccc2-c2ccc(N3C[C@@H](Cc4cnn[nH]4)OC3=O)cc2F)C2CN(C(=O)[C@@H]3CCCN3)CC21. The van der Waals surface area contributed by atoms with E-state index < -0.39 is 23.4 Å². The lowest BCUT2D eigenvalue weighted by Gasteiger charge is -2.26. The van der Waals surface area contributed by atoms with Gasteiger partial charge in [-0.3, -0.25) is 19.8 Å². The summed E-state index contributed by atoms with van der Waals surface area (Å²) in [4.78, 5) is 33.3. The lowest BCUT2D eigenvalue weighted by atomic mass is 9.89. The van der Waals surface area contributed by atoms with Crippen LogP contribution in [0.5, 0.6) is 0 Å². The Balaban J connectivity index is 1.12. The summed E-state index contributed by atoms with van der Waals surface area (Å²) < 4.78 is 21.1. The summed E-state index contributed by atoms with van der Waals surface area (Å²) >= 11 is 0. The van der Waals surface area contributed by atoms with Gasteiger partial charge in [0, 0.05) is 48.7 Å². The van der Waals surface area contributed by atoms with E-state index in [2.05, 4.69) is 31.8 Å². The standard InChI is InChI=1S/C28H27FN8O3/c29-23-10-17(37-12-18(40-27(37)39)9-16-11-33-35-34-16)5-6-19(23)20-3-1-8-32-25(20)28(15-30)21-13-36(14-22(21)28)26(38)24-4-2-7-31-24/h1,3,5-6,8,10-11,18,21-22,24,31H,2,4,7,9,12-14H2,(H,33,34,35)/t18-,21?,22?,24+,28?/m1/s1. The Bertz CT molecular complexity index is 1500. The number of carbonyl (C=O) groups excluding carboxylic acids is 2. The maximum absolute atomic E-state index is 15.7. The van der Waals surface area contributed by atoms with Crippen molar-refractivity contribution in [2.24, 2.45) is 11.8 Å². The first-order chi connectivity index (χ1) is 19.5. The molecule has 3 saturated heterocycles. The predicted octanol–water partition coefficient (Wildman–Crippen LogP) is 2.18. The number of likely N-dealkylation sites (tertiary alicyclic amines) is 1. The van der Waals surface area contributed by atoms with Gasteiger partial charge in [-0.2, -0.15) is 5.26 Å². The summed E-state index contributed by atoms with van der Waals surface area (Å²) in [5.41, 5.74) is 1.65. The Morgan fingerprint density at radius 1 is 1.23 bits per heavy atom. The zero-order valence-corrected chi connectivity index (χ0v) is 21.6. The number of hydrogen-bond acceptors (Lipinski definition) is 8. The van der Waals surface area contributed by atoms with E-state index in [0.717, 1.165) is 25.1 Å². The molecule has 4 atom stereocenters. The van der Waals surface area contributed by atoms with Crippen molar-refractivity contribution in [1.82, 2.24) is 30.6 Å². The molecule has 2 amide bonds. The highest BCUT2D eigenvalue weighted by Crippen LogP contribution is 2.64. The van der Waals surface area contributed by atoms with Gasteiger partial charge in [0.15, 0.2) is 0 Å². The number of aromatic nitrogens is 4. The van der Waals surface area contributed by atoms with Crippen molar-refractivity contribution in [2.75, 3.05) is 31.1 Å². The molecule has 2 unspecified atom stereocenters. The van der Waals surface area contributed by atoms with Gasteiger partial charge in [0.25, 0.3) is 0 Å². The molecule has 3 aliphatic heterocycles. The van der Waals surface area contributed by atoms with Crippen LogP contribution in [-0.2, 0) is 21.4 Å². The molecular formula is C28H27FN8O3. The molecule has 1 aromatic carbocycles. The van der Waals surface area contributed by atoms with Crippen molar-refractivity contribution in [1.29, 1.82) is 5.26 Å². The van der Waals surface area contributed by atoms with E-state index in [1.165, 1.54) is 11.0 Å². The molecule has 7 rings (SSSR count). The first-order valence-electron chi connectivity index (χ1n) is 13.5. The smallest absolute Gasteiger partial charge is 0.414 e.